The number of aliphatic imine (C=N–C) groups is 1. The smallest absolute Gasteiger partial charge is 0.194 e. The van der Waals surface area contributed by atoms with Crippen molar-refractivity contribution in [1.82, 2.24) is 19.8 Å². The SMILES string of the molecule is CN(Cc1ncc(Cl)n1C)C(=NCCc1ccco1)NC1CCCC1.I. The summed E-state index contributed by atoms with van der Waals surface area (Å²) >= 11 is 6.10. The number of nitrogens with zero attached hydrogens (tertiary/aromatic N) is 4. The minimum Gasteiger partial charge on any atom is -0.469 e. The van der Waals surface area contributed by atoms with E-state index in [9.17, 15) is 0 Å². The van der Waals surface area contributed by atoms with Crippen molar-refractivity contribution < 1.29 is 4.42 Å². The van der Waals surface area contributed by atoms with Crippen LogP contribution < -0.4 is 5.32 Å². The Morgan fingerprint density at radius 1 is 1.46 bits per heavy atom. The quantitative estimate of drug-likeness (QED) is 0.379. The van der Waals surface area contributed by atoms with Crippen LogP contribution in [0.25, 0.3) is 0 Å². The molecule has 0 aromatic carbocycles. The third-order valence-corrected chi connectivity index (χ3v) is 5.01. The first-order valence-electron chi connectivity index (χ1n) is 8.84. The molecule has 0 bridgehead atoms. The van der Waals surface area contributed by atoms with Gasteiger partial charge in [-0.15, -0.1) is 24.0 Å². The van der Waals surface area contributed by atoms with Crippen LogP contribution >= 0.6 is 35.6 Å². The van der Waals surface area contributed by atoms with Crippen molar-refractivity contribution in [3.63, 3.8) is 0 Å². The number of nitrogens with one attached hydrogen (secondary N) is 1. The molecule has 0 unspecified atom stereocenters. The van der Waals surface area contributed by atoms with Gasteiger partial charge in [0, 0.05) is 33.1 Å². The predicted octanol–water partition coefficient (Wildman–Crippen LogP) is 3.85. The number of halogens is 2. The highest BCUT2D eigenvalue weighted by Gasteiger charge is 2.19. The van der Waals surface area contributed by atoms with Gasteiger partial charge < -0.3 is 19.2 Å². The zero-order chi connectivity index (χ0) is 17.6. The van der Waals surface area contributed by atoms with Gasteiger partial charge in [0.25, 0.3) is 0 Å². The second-order valence-corrected chi connectivity index (χ2v) is 6.96. The van der Waals surface area contributed by atoms with Gasteiger partial charge in [-0.2, -0.15) is 0 Å². The summed E-state index contributed by atoms with van der Waals surface area (Å²) in [6.07, 6.45) is 9.17. The molecule has 0 atom stereocenters. The molecule has 0 aliphatic heterocycles. The Hall–Kier alpha value is -1.22. The summed E-state index contributed by atoms with van der Waals surface area (Å²) in [7, 11) is 3.97. The lowest BCUT2D eigenvalue weighted by molar-refractivity contribution is 0.438. The number of rotatable bonds is 6. The maximum absolute atomic E-state index is 6.10. The standard InChI is InChI=1S/C18H26ClN5O.HI/c1-23(13-17-21-12-16(19)24(17)2)18(22-14-6-3-4-7-14)20-10-9-15-8-5-11-25-15;/h5,8,11-12,14H,3-4,6-7,9-10,13H2,1-2H3,(H,20,22);1H. The normalized spacial score (nSPS) is 15.1. The number of hydrogen-bond acceptors (Lipinski definition) is 3. The number of furan rings is 1. The van der Waals surface area contributed by atoms with Gasteiger partial charge in [0.1, 0.15) is 16.7 Å². The molecule has 1 saturated carbocycles. The van der Waals surface area contributed by atoms with Crippen LogP contribution in [0.1, 0.15) is 37.3 Å². The third kappa shape index (κ3) is 5.64. The zero-order valence-corrected chi connectivity index (χ0v) is 18.4. The minimum atomic E-state index is 0. The Morgan fingerprint density at radius 2 is 2.23 bits per heavy atom. The molecule has 1 N–H and O–H groups in total. The molecule has 3 rings (SSSR count). The van der Waals surface area contributed by atoms with Crippen molar-refractivity contribution >= 4 is 41.5 Å². The lowest BCUT2D eigenvalue weighted by Crippen LogP contribution is -2.43. The van der Waals surface area contributed by atoms with E-state index in [2.05, 4.69) is 15.2 Å². The van der Waals surface area contributed by atoms with Gasteiger partial charge in [0.2, 0.25) is 0 Å². The van der Waals surface area contributed by atoms with E-state index < -0.39 is 0 Å². The van der Waals surface area contributed by atoms with Gasteiger partial charge in [-0.05, 0) is 25.0 Å². The van der Waals surface area contributed by atoms with Crippen LogP contribution in [-0.4, -0.2) is 40.0 Å². The van der Waals surface area contributed by atoms with Crippen LogP contribution in [-0.2, 0) is 20.0 Å². The van der Waals surface area contributed by atoms with Crippen LogP contribution in [0.15, 0.2) is 34.0 Å². The number of hydrogen-bond donors (Lipinski definition) is 1. The first-order chi connectivity index (χ1) is 12.1. The van der Waals surface area contributed by atoms with Gasteiger partial charge in [0.15, 0.2) is 5.96 Å². The molecule has 0 spiro atoms. The summed E-state index contributed by atoms with van der Waals surface area (Å²) < 4.78 is 7.29. The molecule has 0 radical (unpaired) electrons. The molecule has 6 nitrogen and oxygen atoms in total. The van der Waals surface area contributed by atoms with Crippen LogP contribution in [0.4, 0.5) is 0 Å². The minimum absolute atomic E-state index is 0. The Morgan fingerprint density at radius 3 is 2.85 bits per heavy atom. The van der Waals surface area contributed by atoms with Crippen molar-refractivity contribution in [3.05, 3.63) is 41.3 Å². The summed E-state index contributed by atoms with van der Waals surface area (Å²) in [4.78, 5) is 11.3. The highest BCUT2D eigenvalue weighted by molar-refractivity contribution is 14.0. The molecular formula is C18H27ClIN5O. The van der Waals surface area contributed by atoms with E-state index in [1.807, 2.05) is 30.8 Å². The fourth-order valence-corrected chi connectivity index (χ4v) is 3.26. The van der Waals surface area contributed by atoms with E-state index in [0.717, 1.165) is 24.0 Å². The molecule has 0 amide bonds. The Balaban J connectivity index is 0.00000243. The maximum atomic E-state index is 6.10. The molecular weight excluding hydrogens is 465 g/mol. The van der Waals surface area contributed by atoms with E-state index in [1.165, 1.54) is 25.7 Å². The van der Waals surface area contributed by atoms with E-state index in [1.54, 1.807) is 12.5 Å². The van der Waals surface area contributed by atoms with E-state index in [0.29, 0.717) is 24.3 Å². The van der Waals surface area contributed by atoms with Crippen LogP contribution in [0.3, 0.4) is 0 Å². The maximum Gasteiger partial charge on any atom is 0.194 e. The lowest BCUT2D eigenvalue weighted by Gasteiger charge is -2.25. The van der Waals surface area contributed by atoms with Gasteiger partial charge in [0.05, 0.1) is 19.0 Å². The van der Waals surface area contributed by atoms with Crippen molar-refractivity contribution in [2.45, 2.75) is 44.7 Å². The summed E-state index contributed by atoms with van der Waals surface area (Å²) in [6, 6.07) is 4.40. The Kier molecular flexibility index (Phi) is 8.27. The molecule has 2 heterocycles. The highest BCUT2D eigenvalue weighted by Crippen LogP contribution is 2.18. The second-order valence-electron chi connectivity index (χ2n) is 6.57. The first-order valence-corrected chi connectivity index (χ1v) is 9.22. The second kappa shape index (κ2) is 10.2. The van der Waals surface area contributed by atoms with Gasteiger partial charge in [-0.25, -0.2) is 4.98 Å². The summed E-state index contributed by atoms with van der Waals surface area (Å²) in [5, 5.41) is 4.26. The van der Waals surface area contributed by atoms with Crippen molar-refractivity contribution in [3.8, 4) is 0 Å². The first kappa shape index (κ1) is 21.1. The fraction of sp³-hybridized carbons (Fsp3) is 0.556. The van der Waals surface area contributed by atoms with Crippen molar-refractivity contribution in [2.75, 3.05) is 13.6 Å². The largest absolute Gasteiger partial charge is 0.469 e. The monoisotopic (exact) mass is 491 g/mol. The molecule has 2 aromatic rings. The molecule has 8 heteroatoms. The van der Waals surface area contributed by atoms with E-state index in [4.69, 9.17) is 21.0 Å². The Bertz CT molecular complexity index is 695. The third-order valence-electron chi connectivity index (χ3n) is 4.66. The summed E-state index contributed by atoms with van der Waals surface area (Å²) in [5.74, 6) is 2.79. The summed E-state index contributed by atoms with van der Waals surface area (Å²) in [6.45, 7) is 1.34. The fourth-order valence-electron chi connectivity index (χ4n) is 3.11. The lowest BCUT2D eigenvalue weighted by atomic mass is 10.2. The topological polar surface area (TPSA) is 58.6 Å². The molecule has 1 fully saturated rings. The average Bonchev–Trinajstić information content (AvgIpc) is 3.34. The average molecular weight is 492 g/mol. The Labute approximate surface area is 177 Å². The number of aromatic nitrogens is 2. The van der Waals surface area contributed by atoms with Gasteiger partial charge in [-0.1, -0.05) is 24.4 Å². The number of imidazole rings is 1. The predicted molar refractivity (Wildman–Crippen MR) is 115 cm³/mol. The molecule has 26 heavy (non-hydrogen) atoms. The summed E-state index contributed by atoms with van der Waals surface area (Å²) in [5.41, 5.74) is 0. The molecule has 2 aromatic heterocycles. The van der Waals surface area contributed by atoms with Crippen LogP contribution in [0.5, 0.6) is 0 Å². The van der Waals surface area contributed by atoms with E-state index in [-0.39, 0.29) is 24.0 Å². The van der Waals surface area contributed by atoms with Gasteiger partial charge >= 0.3 is 0 Å². The van der Waals surface area contributed by atoms with Crippen LogP contribution in [0.2, 0.25) is 5.15 Å². The van der Waals surface area contributed by atoms with E-state index >= 15 is 0 Å². The molecule has 1 aliphatic carbocycles. The molecule has 1 aliphatic rings. The highest BCUT2D eigenvalue weighted by atomic mass is 127. The van der Waals surface area contributed by atoms with Crippen molar-refractivity contribution in [1.29, 1.82) is 0 Å². The number of guanidine groups is 1. The van der Waals surface area contributed by atoms with Crippen LogP contribution in [0, 0.1) is 0 Å². The van der Waals surface area contributed by atoms with Crippen molar-refractivity contribution in [2.24, 2.45) is 12.0 Å². The van der Waals surface area contributed by atoms with Gasteiger partial charge in [-0.3, -0.25) is 4.99 Å². The molecule has 144 valence electrons. The zero-order valence-electron chi connectivity index (χ0n) is 15.3. The molecule has 0 saturated heterocycles.